The Bertz CT molecular complexity index is 688. The van der Waals surface area contributed by atoms with Crippen molar-refractivity contribution in [1.29, 1.82) is 0 Å². The highest BCUT2D eigenvalue weighted by atomic mass is 19.1. The third-order valence-electron chi connectivity index (χ3n) is 2.50. The third kappa shape index (κ3) is 2.72. The lowest BCUT2D eigenvalue weighted by Gasteiger charge is -2.08. The van der Waals surface area contributed by atoms with Crippen molar-refractivity contribution in [2.24, 2.45) is 0 Å². The summed E-state index contributed by atoms with van der Waals surface area (Å²) in [7, 11) is 0. The molecule has 0 aliphatic carbocycles. The Kier molecular flexibility index (Phi) is 3.60. The highest BCUT2D eigenvalue weighted by Crippen LogP contribution is 2.20. The van der Waals surface area contributed by atoms with E-state index < -0.39 is 23.4 Å². The monoisotopic (exact) mass is 276 g/mol. The zero-order chi connectivity index (χ0) is 14.7. The fraction of sp³-hybridized carbons (Fsp3) is 0. The van der Waals surface area contributed by atoms with Gasteiger partial charge in [-0.2, -0.15) is 0 Å². The smallest absolute Gasteiger partial charge is 0.337 e. The first kappa shape index (κ1) is 13.5. The topological polar surface area (TPSA) is 99.5 Å². The lowest BCUT2D eigenvalue weighted by molar-refractivity contribution is 0.0698. The van der Waals surface area contributed by atoms with E-state index >= 15 is 0 Å². The van der Waals surface area contributed by atoms with Crippen molar-refractivity contribution in [1.82, 2.24) is 4.98 Å². The van der Waals surface area contributed by atoms with Crippen LogP contribution in [0.5, 0.6) is 5.75 Å². The number of aromatic hydroxyl groups is 1. The molecule has 7 heteroatoms. The highest BCUT2D eigenvalue weighted by molar-refractivity contribution is 6.08. The fourth-order valence-corrected chi connectivity index (χ4v) is 1.56. The van der Waals surface area contributed by atoms with Gasteiger partial charge in [-0.3, -0.25) is 9.78 Å². The van der Waals surface area contributed by atoms with E-state index in [1.807, 2.05) is 0 Å². The van der Waals surface area contributed by atoms with Gasteiger partial charge < -0.3 is 15.5 Å². The van der Waals surface area contributed by atoms with Gasteiger partial charge in [0.15, 0.2) is 0 Å². The van der Waals surface area contributed by atoms with Crippen molar-refractivity contribution < 1.29 is 24.2 Å². The van der Waals surface area contributed by atoms with Gasteiger partial charge in [-0.05, 0) is 24.3 Å². The van der Waals surface area contributed by atoms with E-state index in [2.05, 4.69) is 10.3 Å². The maximum absolute atomic E-state index is 13.1. The summed E-state index contributed by atoms with van der Waals surface area (Å²) in [5, 5.41) is 20.7. The maximum Gasteiger partial charge on any atom is 0.337 e. The summed E-state index contributed by atoms with van der Waals surface area (Å²) < 4.78 is 13.1. The van der Waals surface area contributed by atoms with Crippen LogP contribution >= 0.6 is 0 Å². The number of aromatic nitrogens is 1. The molecule has 0 atom stereocenters. The second-order valence-electron chi connectivity index (χ2n) is 3.84. The van der Waals surface area contributed by atoms with Crippen LogP contribution in [0.25, 0.3) is 0 Å². The molecule has 102 valence electrons. The number of hydrogen-bond donors (Lipinski definition) is 3. The molecule has 0 saturated carbocycles. The number of carboxylic acids is 1. The van der Waals surface area contributed by atoms with Gasteiger partial charge in [0.05, 0.1) is 23.0 Å². The number of nitrogens with zero attached hydrogens (tertiary/aromatic N) is 1. The van der Waals surface area contributed by atoms with Gasteiger partial charge in [-0.25, -0.2) is 9.18 Å². The van der Waals surface area contributed by atoms with Crippen LogP contribution in [0.3, 0.4) is 0 Å². The zero-order valence-corrected chi connectivity index (χ0v) is 10.0. The number of carboxylic acid groups (broad SMARTS) is 1. The first-order chi connectivity index (χ1) is 9.49. The zero-order valence-electron chi connectivity index (χ0n) is 10.0. The van der Waals surface area contributed by atoms with Gasteiger partial charge in [0.2, 0.25) is 0 Å². The number of hydrogen-bond acceptors (Lipinski definition) is 4. The number of anilines is 1. The Morgan fingerprint density at radius 1 is 1.20 bits per heavy atom. The second-order valence-corrected chi connectivity index (χ2v) is 3.84. The SMILES string of the molecule is O=C(Nc1cnccc1C(=O)O)c1cc(F)ccc1O. The molecule has 2 rings (SSSR count). The Hall–Kier alpha value is -2.96. The average molecular weight is 276 g/mol. The molecule has 1 aromatic carbocycles. The molecular formula is C13H9FN2O4. The molecular weight excluding hydrogens is 267 g/mol. The van der Waals surface area contributed by atoms with Crippen molar-refractivity contribution >= 4 is 17.6 Å². The molecule has 0 spiro atoms. The number of halogens is 1. The molecule has 3 N–H and O–H groups in total. The molecule has 6 nitrogen and oxygen atoms in total. The van der Waals surface area contributed by atoms with Crippen molar-refractivity contribution in [3.05, 3.63) is 53.6 Å². The lowest BCUT2D eigenvalue weighted by atomic mass is 10.1. The summed E-state index contributed by atoms with van der Waals surface area (Å²) >= 11 is 0. The normalized spacial score (nSPS) is 10.1. The predicted octanol–water partition coefficient (Wildman–Crippen LogP) is 1.88. The average Bonchev–Trinajstić information content (AvgIpc) is 2.41. The minimum Gasteiger partial charge on any atom is -0.507 e. The minimum absolute atomic E-state index is 0.0475. The Morgan fingerprint density at radius 2 is 1.95 bits per heavy atom. The van der Waals surface area contributed by atoms with E-state index in [0.717, 1.165) is 24.4 Å². The van der Waals surface area contributed by atoms with Gasteiger partial charge in [0.1, 0.15) is 11.6 Å². The van der Waals surface area contributed by atoms with Crippen molar-refractivity contribution in [2.45, 2.75) is 0 Å². The number of carbonyl (C=O) groups is 2. The number of amides is 1. The van der Waals surface area contributed by atoms with E-state index in [0.29, 0.717) is 0 Å². The van der Waals surface area contributed by atoms with Gasteiger partial charge in [0, 0.05) is 6.20 Å². The van der Waals surface area contributed by atoms with Crippen molar-refractivity contribution in [3.63, 3.8) is 0 Å². The van der Waals surface area contributed by atoms with Crippen LogP contribution in [0.1, 0.15) is 20.7 Å². The number of pyridine rings is 1. The highest BCUT2D eigenvalue weighted by Gasteiger charge is 2.16. The molecule has 1 aromatic heterocycles. The number of rotatable bonds is 3. The number of phenols is 1. The van der Waals surface area contributed by atoms with Gasteiger partial charge in [0.25, 0.3) is 5.91 Å². The van der Waals surface area contributed by atoms with Crippen LogP contribution < -0.4 is 5.32 Å². The standard InChI is InChI=1S/C13H9FN2O4/c14-7-1-2-11(17)9(5-7)12(18)16-10-6-15-4-3-8(10)13(19)20/h1-6,17H,(H,16,18)(H,19,20). The molecule has 0 unspecified atom stereocenters. The number of nitrogens with one attached hydrogen (secondary N) is 1. The van der Waals surface area contributed by atoms with Crippen LogP contribution in [0.15, 0.2) is 36.7 Å². The summed E-state index contributed by atoms with van der Waals surface area (Å²) in [6.07, 6.45) is 2.41. The first-order valence-electron chi connectivity index (χ1n) is 5.46. The van der Waals surface area contributed by atoms with Crippen molar-refractivity contribution in [2.75, 3.05) is 5.32 Å². The fourth-order valence-electron chi connectivity index (χ4n) is 1.56. The predicted molar refractivity (Wildman–Crippen MR) is 67.2 cm³/mol. The number of aromatic carboxylic acids is 1. The Labute approximate surface area is 112 Å². The van der Waals surface area contributed by atoms with Crippen LogP contribution in [0, 0.1) is 5.82 Å². The molecule has 0 saturated heterocycles. The second kappa shape index (κ2) is 5.35. The van der Waals surface area contributed by atoms with Gasteiger partial charge >= 0.3 is 5.97 Å². The van der Waals surface area contributed by atoms with Crippen LogP contribution in [0.2, 0.25) is 0 Å². The molecule has 0 radical (unpaired) electrons. The summed E-state index contributed by atoms with van der Waals surface area (Å²) in [6, 6.07) is 4.09. The quantitative estimate of drug-likeness (QED) is 0.794. The molecule has 1 heterocycles. The number of phenolic OH excluding ortho intramolecular Hbond substituents is 1. The van der Waals surface area contributed by atoms with Crippen molar-refractivity contribution in [3.8, 4) is 5.75 Å². The summed E-state index contributed by atoms with van der Waals surface area (Å²) in [4.78, 5) is 26.6. The largest absolute Gasteiger partial charge is 0.507 e. The summed E-state index contributed by atoms with van der Waals surface area (Å²) in [5.41, 5.74) is -0.511. The van der Waals surface area contributed by atoms with E-state index in [-0.39, 0.29) is 16.8 Å². The van der Waals surface area contributed by atoms with E-state index in [1.54, 1.807) is 0 Å². The number of carbonyl (C=O) groups excluding carboxylic acids is 1. The van der Waals surface area contributed by atoms with Gasteiger partial charge in [-0.1, -0.05) is 0 Å². The Balaban J connectivity index is 2.33. The molecule has 1 amide bonds. The number of benzene rings is 1. The van der Waals surface area contributed by atoms with Crippen LogP contribution in [0.4, 0.5) is 10.1 Å². The van der Waals surface area contributed by atoms with E-state index in [4.69, 9.17) is 5.11 Å². The summed E-state index contributed by atoms with van der Waals surface area (Å²) in [6.45, 7) is 0. The van der Waals surface area contributed by atoms with E-state index in [9.17, 15) is 19.1 Å². The molecule has 0 aliphatic heterocycles. The maximum atomic E-state index is 13.1. The third-order valence-corrected chi connectivity index (χ3v) is 2.50. The van der Waals surface area contributed by atoms with Crippen LogP contribution in [-0.2, 0) is 0 Å². The molecule has 0 aliphatic rings. The molecule has 0 bridgehead atoms. The molecule has 20 heavy (non-hydrogen) atoms. The lowest BCUT2D eigenvalue weighted by Crippen LogP contribution is -2.15. The molecule has 0 fully saturated rings. The molecule has 2 aromatic rings. The summed E-state index contributed by atoms with van der Waals surface area (Å²) in [5.74, 6) is -3.19. The van der Waals surface area contributed by atoms with E-state index in [1.165, 1.54) is 12.3 Å². The van der Waals surface area contributed by atoms with Gasteiger partial charge in [-0.15, -0.1) is 0 Å². The first-order valence-corrected chi connectivity index (χ1v) is 5.46. The Morgan fingerprint density at radius 3 is 2.65 bits per heavy atom. The minimum atomic E-state index is -1.24. The van der Waals surface area contributed by atoms with Crippen LogP contribution in [-0.4, -0.2) is 27.1 Å².